The molecule has 0 aliphatic carbocycles. The maximum Gasteiger partial charge on any atom is 0.472 e. The summed E-state index contributed by atoms with van der Waals surface area (Å²) in [5.41, 5.74) is 0. The number of hydrogen-bond donors (Lipinski definition) is 9. The van der Waals surface area contributed by atoms with Gasteiger partial charge in [0.2, 0.25) is 0 Å². The molecule has 0 aliphatic heterocycles. The summed E-state index contributed by atoms with van der Waals surface area (Å²) >= 11 is 0. The lowest BCUT2D eigenvalue weighted by atomic mass is 10.3. The minimum atomic E-state index is -4.87. The van der Waals surface area contributed by atoms with Gasteiger partial charge < -0.3 is 43.9 Å². The third kappa shape index (κ3) is 33.7. The molecule has 0 rings (SSSR count). The lowest BCUT2D eigenvalue weighted by Gasteiger charge is -2.21. The van der Waals surface area contributed by atoms with Crippen LogP contribution in [-0.2, 0) is 91.1 Å². The normalized spacial score (nSPS) is 19.7. The van der Waals surface area contributed by atoms with Crippen LogP contribution in [0, 0.1) is 0 Å². The van der Waals surface area contributed by atoms with Crippen LogP contribution in [0.1, 0.15) is 19.8 Å². The Labute approximate surface area is 328 Å². The van der Waals surface area contributed by atoms with E-state index in [1.54, 1.807) is 14.1 Å². The van der Waals surface area contributed by atoms with E-state index in [-0.39, 0.29) is 46.1 Å². The van der Waals surface area contributed by atoms with Crippen molar-refractivity contribution in [3.63, 3.8) is 0 Å². The number of aliphatic hydroxyl groups excluding tert-OH is 1. The molecule has 0 fully saturated rings. The summed E-state index contributed by atoms with van der Waals surface area (Å²) in [6, 6.07) is 0. The Hall–Kier alpha value is 0.460. The maximum atomic E-state index is 12.2. The average molecular weight is 965 g/mol. The van der Waals surface area contributed by atoms with Gasteiger partial charge in [0, 0.05) is 0 Å². The standard InChI is InChI=1S/C22H54N2O27P6/c1-4-40-56(34,35)51-22(6-8-39-20-24-3)18-49-55(32,33)47-14-13-45-53(28,29)43-10-9-41-52(26,27)42-11-12-44-54(30,31)46-15-16-48-57(36,37)50-21(17-25)5-7-38-19-23-2/h21-25H,4-20H2,1-3H3,(H,26,27)(H,28,29)(H,30,31)(H,32,33)(H,34,35)(H,36,37). The predicted molar refractivity (Wildman–Crippen MR) is 190 cm³/mol. The number of phosphoric acid groups is 6. The molecule has 57 heavy (non-hydrogen) atoms. The van der Waals surface area contributed by atoms with Gasteiger partial charge in [0.1, 0.15) is 0 Å². The molecule has 0 aliphatic rings. The Morgan fingerprint density at radius 3 is 1.07 bits per heavy atom. The van der Waals surface area contributed by atoms with E-state index in [0.29, 0.717) is 0 Å². The van der Waals surface area contributed by atoms with Gasteiger partial charge in [-0.1, -0.05) is 0 Å². The zero-order valence-corrected chi connectivity index (χ0v) is 36.5. The summed E-state index contributed by atoms with van der Waals surface area (Å²) in [6.07, 6.45) is -2.38. The first-order chi connectivity index (χ1) is 26.5. The lowest BCUT2D eigenvalue weighted by Crippen LogP contribution is -2.23. The number of phosphoric ester groups is 6. The molecule has 0 aromatic carbocycles. The Kier molecular flexibility index (Phi) is 30.7. The highest BCUT2D eigenvalue weighted by molar-refractivity contribution is 7.48. The van der Waals surface area contributed by atoms with Crippen molar-refractivity contribution in [1.82, 2.24) is 10.6 Å². The van der Waals surface area contributed by atoms with Gasteiger partial charge in [0.15, 0.2) is 0 Å². The summed E-state index contributed by atoms with van der Waals surface area (Å²) in [5, 5.41) is 14.7. The zero-order valence-electron chi connectivity index (χ0n) is 31.2. The molecule has 9 N–H and O–H groups in total. The molecule has 0 aromatic heterocycles. The molecule has 8 unspecified atom stereocenters. The van der Waals surface area contributed by atoms with E-state index in [1.807, 2.05) is 0 Å². The fraction of sp³-hybridized carbons (Fsp3) is 1.00. The summed E-state index contributed by atoms with van der Waals surface area (Å²) in [7, 11) is -25.4. The first-order valence-corrected chi connectivity index (χ1v) is 25.3. The van der Waals surface area contributed by atoms with Crippen molar-refractivity contribution in [2.75, 3.05) is 113 Å². The Morgan fingerprint density at radius 2 is 0.737 bits per heavy atom. The van der Waals surface area contributed by atoms with Crippen molar-refractivity contribution >= 4 is 46.9 Å². The van der Waals surface area contributed by atoms with Crippen LogP contribution in [0.3, 0.4) is 0 Å². The van der Waals surface area contributed by atoms with Crippen LogP contribution in [0.4, 0.5) is 0 Å². The smallest absolute Gasteiger partial charge is 0.394 e. The van der Waals surface area contributed by atoms with Crippen LogP contribution >= 0.6 is 46.9 Å². The van der Waals surface area contributed by atoms with Crippen LogP contribution < -0.4 is 10.6 Å². The number of hydrogen-bond acceptors (Lipinski definition) is 23. The van der Waals surface area contributed by atoms with E-state index >= 15 is 0 Å². The summed E-state index contributed by atoms with van der Waals surface area (Å²) in [5.74, 6) is 0. The topological polar surface area (TPSA) is 397 Å². The second-order valence-corrected chi connectivity index (χ2v) is 18.8. The molecule has 0 spiro atoms. The first-order valence-electron chi connectivity index (χ1n) is 16.4. The summed E-state index contributed by atoms with van der Waals surface area (Å²) < 4.78 is 138. The van der Waals surface area contributed by atoms with Gasteiger partial charge in [-0.3, -0.25) is 64.9 Å². The average Bonchev–Trinajstić information content (AvgIpc) is 3.11. The van der Waals surface area contributed by atoms with Crippen molar-refractivity contribution in [1.29, 1.82) is 0 Å². The van der Waals surface area contributed by atoms with E-state index in [2.05, 4.69) is 51.3 Å². The van der Waals surface area contributed by atoms with Gasteiger partial charge in [-0.25, -0.2) is 27.4 Å². The molecule has 29 nitrogen and oxygen atoms in total. The van der Waals surface area contributed by atoms with E-state index in [0.717, 1.165) is 0 Å². The molecule has 0 radical (unpaired) electrons. The van der Waals surface area contributed by atoms with E-state index < -0.39 is 125 Å². The van der Waals surface area contributed by atoms with Gasteiger partial charge in [-0.05, 0) is 33.9 Å². The molecule has 0 aromatic rings. The number of aliphatic hydroxyl groups is 1. The van der Waals surface area contributed by atoms with Gasteiger partial charge in [-0.15, -0.1) is 0 Å². The molecule has 8 atom stereocenters. The molecule has 0 bridgehead atoms. The number of ether oxygens (including phenoxy) is 2. The fourth-order valence-electron chi connectivity index (χ4n) is 3.27. The molecule has 0 saturated carbocycles. The van der Waals surface area contributed by atoms with Crippen LogP contribution in [0.5, 0.6) is 0 Å². The third-order valence-electron chi connectivity index (χ3n) is 5.51. The van der Waals surface area contributed by atoms with Crippen LogP contribution in [-0.4, -0.2) is 160 Å². The number of nitrogens with one attached hydrogen (secondary N) is 2. The molecule has 0 heterocycles. The van der Waals surface area contributed by atoms with Crippen LogP contribution in [0.25, 0.3) is 0 Å². The predicted octanol–water partition coefficient (Wildman–Crippen LogP) is 0.705. The molecular weight excluding hydrogens is 910 g/mol. The minimum absolute atomic E-state index is 0.00832. The largest absolute Gasteiger partial charge is 0.472 e. The Morgan fingerprint density at radius 1 is 0.439 bits per heavy atom. The van der Waals surface area contributed by atoms with E-state index in [1.165, 1.54) is 6.92 Å². The molecular formula is C22H54N2O27P6. The highest BCUT2D eigenvalue weighted by Crippen LogP contribution is 2.50. The minimum Gasteiger partial charge on any atom is -0.394 e. The Balaban J connectivity index is 4.40. The maximum absolute atomic E-state index is 12.2. The van der Waals surface area contributed by atoms with E-state index in [9.17, 15) is 61.9 Å². The first kappa shape index (κ1) is 57.5. The second-order valence-electron chi connectivity index (χ2n) is 10.2. The molecule has 0 amide bonds. The van der Waals surface area contributed by atoms with E-state index in [4.69, 9.17) is 23.0 Å². The van der Waals surface area contributed by atoms with Crippen LogP contribution in [0.15, 0.2) is 0 Å². The third-order valence-corrected chi connectivity index (χ3v) is 11.8. The van der Waals surface area contributed by atoms with Gasteiger partial charge in [0.05, 0.1) is 112 Å². The van der Waals surface area contributed by atoms with Crippen molar-refractivity contribution in [2.45, 2.75) is 32.0 Å². The second kappa shape index (κ2) is 30.5. The van der Waals surface area contributed by atoms with Crippen molar-refractivity contribution < 1.29 is 126 Å². The quantitative estimate of drug-likeness (QED) is 0.0232. The monoisotopic (exact) mass is 964 g/mol. The van der Waals surface area contributed by atoms with Crippen molar-refractivity contribution in [2.24, 2.45) is 0 Å². The summed E-state index contributed by atoms with van der Waals surface area (Å²) in [4.78, 5) is 58.4. The van der Waals surface area contributed by atoms with Crippen LogP contribution in [0.2, 0.25) is 0 Å². The van der Waals surface area contributed by atoms with Crippen molar-refractivity contribution in [3.05, 3.63) is 0 Å². The van der Waals surface area contributed by atoms with Gasteiger partial charge in [-0.2, -0.15) is 0 Å². The molecule has 344 valence electrons. The SMILES string of the molecule is CCOP(=O)(O)OC(CCOCNC)COP(=O)(O)OCCOP(=O)(O)OCCOP(=O)(O)OCCOP(=O)(O)OCCOP(=O)(O)OC(CO)CCOCNC. The highest BCUT2D eigenvalue weighted by Gasteiger charge is 2.31. The highest BCUT2D eigenvalue weighted by atomic mass is 31.2. The van der Waals surface area contributed by atoms with Gasteiger partial charge >= 0.3 is 46.9 Å². The molecule has 0 saturated heterocycles. The molecule has 35 heteroatoms. The Bertz CT molecular complexity index is 1370. The fourth-order valence-corrected chi connectivity index (χ4v) is 7.90. The lowest BCUT2D eigenvalue weighted by molar-refractivity contribution is 0.0263. The zero-order chi connectivity index (χ0) is 43.5. The summed E-state index contributed by atoms with van der Waals surface area (Å²) in [6.45, 7) is -6.04. The number of rotatable bonds is 40. The van der Waals surface area contributed by atoms with Crippen molar-refractivity contribution in [3.8, 4) is 0 Å². The van der Waals surface area contributed by atoms with Gasteiger partial charge in [0.25, 0.3) is 0 Å².